The number of benzene rings is 1. The Morgan fingerprint density at radius 1 is 1.13 bits per heavy atom. The van der Waals surface area contributed by atoms with Crippen LogP contribution in [0.25, 0.3) is 22.3 Å². The topological polar surface area (TPSA) is 91.2 Å². The van der Waals surface area contributed by atoms with Crippen LogP contribution in [0.5, 0.6) is 11.5 Å². The number of carbonyl (C=O) groups is 1. The molecule has 0 aliphatic carbocycles. The normalized spacial score (nSPS) is 11.0. The number of methoxy groups -OCH3 is 2. The third kappa shape index (κ3) is 3.48. The lowest BCUT2D eigenvalue weighted by atomic mass is 10.1. The smallest absolute Gasteiger partial charge is 0.258 e. The molecule has 8 nitrogen and oxygen atoms in total. The van der Waals surface area contributed by atoms with E-state index in [0.717, 1.165) is 22.3 Å². The van der Waals surface area contributed by atoms with Crippen molar-refractivity contribution in [3.05, 3.63) is 46.6 Å². The zero-order chi connectivity index (χ0) is 21.4. The summed E-state index contributed by atoms with van der Waals surface area (Å²) in [5, 5.41) is 10.4. The molecule has 0 spiro atoms. The summed E-state index contributed by atoms with van der Waals surface area (Å²) in [7, 11) is 5.02. The summed E-state index contributed by atoms with van der Waals surface area (Å²) >= 11 is 1.35. The summed E-state index contributed by atoms with van der Waals surface area (Å²) in [6.07, 6.45) is 0. The summed E-state index contributed by atoms with van der Waals surface area (Å²) in [6.45, 7) is 3.73. The fourth-order valence-corrected chi connectivity index (χ4v) is 4.08. The first-order chi connectivity index (χ1) is 14.4. The highest BCUT2D eigenvalue weighted by atomic mass is 32.1. The van der Waals surface area contributed by atoms with Crippen LogP contribution < -0.4 is 14.8 Å². The molecule has 154 valence electrons. The Morgan fingerprint density at radius 2 is 1.93 bits per heavy atom. The Balaban J connectivity index is 1.65. The van der Waals surface area contributed by atoms with Gasteiger partial charge in [0.05, 0.1) is 36.6 Å². The average molecular weight is 423 g/mol. The molecule has 9 heteroatoms. The molecule has 1 aromatic carbocycles. The van der Waals surface area contributed by atoms with Gasteiger partial charge in [-0.25, -0.2) is 9.97 Å². The highest BCUT2D eigenvalue weighted by Gasteiger charge is 2.19. The maximum atomic E-state index is 13.0. The molecule has 3 aromatic heterocycles. The average Bonchev–Trinajstić information content (AvgIpc) is 3.31. The van der Waals surface area contributed by atoms with Gasteiger partial charge in [-0.05, 0) is 32.0 Å². The molecule has 0 saturated heterocycles. The fourth-order valence-electron chi connectivity index (χ4n) is 3.38. The lowest BCUT2D eigenvalue weighted by Gasteiger charge is -2.08. The van der Waals surface area contributed by atoms with Crippen LogP contribution in [0.15, 0.2) is 29.6 Å². The van der Waals surface area contributed by atoms with Crippen molar-refractivity contribution < 1.29 is 14.3 Å². The van der Waals surface area contributed by atoms with Gasteiger partial charge in [-0.2, -0.15) is 5.10 Å². The summed E-state index contributed by atoms with van der Waals surface area (Å²) in [6, 6.07) is 7.30. The van der Waals surface area contributed by atoms with E-state index in [1.807, 2.05) is 38.4 Å². The van der Waals surface area contributed by atoms with E-state index in [2.05, 4.69) is 20.4 Å². The van der Waals surface area contributed by atoms with E-state index in [1.54, 1.807) is 31.0 Å². The van der Waals surface area contributed by atoms with Crippen molar-refractivity contribution in [1.29, 1.82) is 0 Å². The highest BCUT2D eigenvalue weighted by Crippen LogP contribution is 2.35. The van der Waals surface area contributed by atoms with Crippen LogP contribution in [0.1, 0.15) is 21.7 Å². The number of nitrogens with one attached hydrogen (secondary N) is 1. The van der Waals surface area contributed by atoms with Crippen LogP contribution in [0, 0.1) is 13.8 Å². The minimum atomic E-state index is -0.246. The predicted molar refractivity (Wildman–Crippen MR) is 117 cm³/mol. The number of nitrogens with zero attached hydrogens (tertiary/aromatic N) is 4. The van der Waals surface area contributed by atoms with E-state index in [-0.39, 0.29) is 5.91 Å². The van der Waals surface area contributed by atoms with E-state index in [9.17, 15) is 4.79 Å². The maximum Gasteiger partial charge on any atom is 0.258 e. The summed E-state index contributed by atoms with van der Waals surface area (Å²) < 4.78 is 12.4. The Kier molecular flexibility index (Phi) is 5.13. The number of pyridine rings is 1. The first kappa shape index (κ1) is 19.8. The number of anilines is 1. The number of hydrogen-bond donors (Lipinski definition) is 1. The highest BCUT2D eigenvalue weighted by molar-refractivity contribution is 7.14. The second-order valence-corrected chi connectivity index (χ2v) is 7.64. The molecule has 0 saturated carbocycles. The molecule has 0 radical (unpaired) electrons. The zero-order valence-electron chi connectivity index (χ0n) is 17.3. The van der Waals surface area contributed by atoms with Crippen molar-refractivity contribution in [3.63, 3.8) is 0 Å². The monoisotopic (exact) mass is 423 g/mol. The van der Waals surface area contributed by atoms with Crippen LogP contribution in [0.3, 0.4) is 0 Å². The number of thiazole rings is 1. The van der Waals surface area contributed by atoms with Gasteiger partial charge in [-0.1, -0.05) is 0 Å². The van der Waals surface area contributed by atoms with E-state index < -0.39 is 0 Å². The summed E-state index contributed by atoms with van der Waals surface area (Å²) in [4.78, 5) is 22.1. The Labute approximate surface area is 177 Å². The first-order valence-corrected chi connectivity index (χ1v) is 10.1. The molecule has 0 bridgehead atoms. The molecule has 1 amide bonds. The third-order valence-corrected chi connectivity index (χ3v) is 5.51. The molecule has 3 heterocycles. The van der Waals surface area contributed by atoms with E-state index in [0.29, 0.717) is 33.5 Å². The maximum absolute atomic E-state index is 13.0. The minimum absolute atomic E-state index is 0.246. The second-order valence-electron chi connectivity index (χ2n) is 6.78. The molecule has 0 unspecified atom stereocenters. The van der Waals surface area contributed by atoms with E-state index in [4.69, 9.17) is 9.47 Å². The van der Waals surface area contributed by atoms with Gasteiger partial charge < -0.3 is 9.47 Å². The Morgan fingerprint density at radius 3 is 2.67 bits per heavy atom. The molecule has 0 fully saturated rings. The number of carbonyl (C=O) groups excluding carboxylic acids is 1. The number of aryl methyl sites for hydroxylation is 3. The van der Waals surface area contributed by atoms with E-state index >= 15 is 0 Å². The SMILES string of the molecule is COc1ccc(-c2csc(NC(=O)c3cc(C)nc4c3c(C)nn4C)n2)c(OC)c1. The lowest BCUT2D eigenvalue weighted by molar-refractivity contribution is 0.102. The third-order valence-electron chi connectivity index (χ3n) is 4.75. The summed E-state index contributed by atoms with van der Waals surface area (Å²) in [5.41, 5.74) is 4.25. The van der Waals surface area contributed by atoms with Crippen molar-refractivity contribution in [2.75, 3.05) is 19.5 Å². The molecule has 4 rings (SSSR count). The van der Waals surface area contributed by atoms with Gasteiger partial charge >= 0.3 is 0 Å². The lowest BCUT2D eigenvalue weighted by Crippen LogP contribution is -2.13. The van der Waals surface area contributed by atoms with Gasteiger partial charge in [-0.15, -0.1) is 11.3 Å². The summed E-state index contributed by atoms with van der Waals surface area (Å²) in [5.74, 6) is 1.10. The number of aromatic nitrogens is 4. The van der Waals surface area contributed by atoms with Gasteiger partial charge in [0.15, 0.2) is 10.8 Å². The van der Waals surface area contributed by atoms with Crippen molar-refractivity contribution in [2.45, 2.75) is 13.8 Å². The number of rotatable bonds is 5. The van der Waals surface area contributed by atoms with Gasteiger partial charge in [0.25, 0.3) is 5.91 Å². The number of fused-ring (bicyclic) bond motifs is 1. The fraction of sp³-hybridized carbons (Fsp3) is 0.238. The van der Waals surface area contributed by atoms with Gasteiger partial charge in [0.2, 0.25) is 0 Å². The number of ether oxygens (including phenoxy) is 2. The zero-order valence-corrected chi connectivity index (χ0v) is 18.1. The van der Waals surface area contributed by atoms with Gasteiger partial charge in [0, 0.05) is 29.8 Å². The Bertz CT molecular complexity index is 1260. The molecule has 0 aliphatic heterocycles. The van der Waals surface area contributed by atoms with Crippen molar-refractivity contribution in [3.8, 4) is 22.8 Å². The quantitative estimate of drug-likeness (QED) is 0.522. The van der Waals surface area contributed by atoms with Gasteiger partial charge in [-0.3, -0.25) is 14.8 Å². The van der Waals surface area contributed by atoms with Crippen LogP contribution >= 0.6 is 11.3 Å². The first-order valence-electron chi connectivity index (χ1n) is 9.21. The predicted octanol–water partition coefficient (Wildman–Crippen LogP) is 3.98. The van der Waals surface area contributed by atoms with Crippen LogP contribution in [-0.4, -0.2) is 39.9 Å². The second kappa shape index (κ2) is 7.75. The van der Waals surface area contributed by atoms with Crippen molar-refractivity contribution >= 4 is 33.4 Å². The van der Waals surface area contributed by atoms with E-state index in [1.165, 1.54) is 11.3 Å². The molecular weight excluding hydrogens is 402 g/mol. The van der Waals surface area contributed by atoms with Crippen molar-refractivity contribution in [2.24, 2.45) is 7.05 Å². The largest absolute Gasteiger partial charge is 0.497 e. The van der Waals surface area contributed by atoms with Gasteiger partial charge in [0.1, 0.15) is 11.5 Å². The molecule has 1 N–H and O–H groups in total. The van der Waals surface area contributed by atoms with Crippen LogP contribution in [0.4, 0.5) is 5.13 Å². The van der Waals surface area contributed by atoms with Crippen molar-refractivity contribution in [1.82, 2.24) is 19.7 Å². The Hall–Kier alpha value is -3.46. The molecular formula is C21H21N5O3S. The standard InChI is InChI=1S/C21H21N5O3S/c1-11-8-15(18-12(2)25-26(3)19(18)22-11)20(27)24-21-23-16(10-30-21)14-7-6-13(28-4)9-17(14)29-5/h6-10H,1-5H3,(H,23,24,27). The molecule has 0 aliphatic rings. The molecule has 30 heavy (non-hydrogen) atoms. The molecule has 0 atom stereocenters. The van der Waals surface area contributed by atoms with Crippen LogP contribution in [0.2, 0.25) is 0 Å². The van der Waals surface area contributed by atoms with Crippen LogP contribution in [-0.2, 0) is 7.05 Å². The molecule has 4 aromatic rings. The number of hydrogen-bond acceptors (Lipinski definition) is 7. The number of amides is 1. The minimum Gasteiger partial charge on any atom is -0.497 e.